The zero-order valence-electron chi connectivity index (χ0n) is 13.9. The lowest BCUT2D eigenvalue weighted by Crippen LogP contribution is -2.46. The Hall–Kier alpha value is -0.960. The molecule has 2 heterocycles. The molecule has 1 atom stereocenters. The third-order valence-corrected chi connectivity index (χ3v) is 6.67. The Morgan fingerprint density at radius 3 is 2.74 bits per heavy atom. The van der Waals surface area contributed by atoms with E-state index in [1.807, 2.05) is 0 Å². The first-order valence-electron chi connectivity index (χ1n) is 8.24. The molecule has 0 bridgehead atoms. The van der Waals surface area contributed by atoms with Crippen molar-refractivity contribution < 1.29 is 13.2 Å². The predicted octanol–water partition coefficient (Wildman–Crippen LogP) is 1.25. The van der Waals surface area contributed by atoms with Gasteiger partial charge in [-0.3, -0.25) is 0 Å². The molecule has 0 radical (unpaired) electrons. The van der Waals surface area contributed by atoms with Gasteiger partial charge in [-0.05, 0) is 18.8 Å². The summed E-state index contributed by atoms with van der Waals surface area (Å²) in [5.74, 6) is 0.669. The Balaban J connectivity index is 1.66. The molecule has 2 aliphatic rings. The molecule has 0 saturated heterocycles. The monoisotopic (exact) mass is 342 g/mol. The fraction of sp³-hybridized carbons (Fsp3) is 0.800. The highest BCUT2D eigenvalue weighted by molar-refractivity contribution is 7.86. The summed E-state index contributed by atoms with van der Waals surface area (Å²) in [5.41, 5.74) is 0.913. The van der Waals surface area contributed by atoms with E-state index in [9.17, 15) is 8.42 Å². The minimum Gasteiger partial charge on any atom is -0.379 e. The second-order valence-electron chi connectivity index (χ2n) is 6.72. The van der Waals surface area contributed by atoms with Gasteiger partial charge in [0.2, 0.25) is 0 Å². The topological polar surface area (TPSA) is 67.7 Å². The molecule has 0 spiro atoms. The second kappa shape index (κ2) is 6.88. The predicted molar refractivity (Wildman–Crippen MR) is 87.1 cm³/mol. The fourth-order valence-electron chi connectivity index (χ4n) is 3.44. The van der Waals surface area contributed by atoms with Gasteiger partial charge in [0.15, 0.2) is 0 Å². The molecule has 1 aromatic heterocycles. The summed E-state index contributed by atoms with van der Waals surface area (Å²) in [4.78, 5) is 4.17. The molecule has 0 N–H and O–H groups in total. The lowest BCUT2D eigenvalue weighted by atomic mass is 10.1. The van der Waals surface area contributed by atoms with E-state index in [2.05, 4.69) is 9.55 Å². The van der Waals surface area contributed by atoms with Crippen LogP contribution in [0, 0.1) is 5.92 Å². The van der Waals surface area contributed by atoms with Crippen molar-refractivity contribution in [2.75, 3.05) is 33.9 Å². The van der Waals surface area contributed by atoms with Crippen LogP contribution < -0.4 is 0 Å². The lowest BCUT2D eigenvalue weighted by molar-refractivity contribution is 0.0628. The van der Waals surface area contributed by atoms with Crippen LogP contribution in [0.5, 0.6) is 0 Å². The normalized spacial score (nSPS) is 23.5. The second-order valence-corrected chi connectivity index (χ2v) is 8.86. The molecule has 8 heteroatoms. The molecular formula is C15H26N4O3S. The van der Waals surface area contributed by atoms with Crippen LogP contribution in [0.4, 0.5) is 0 Å². The first kappa shape index (κ1) is 16.9. The summed E-state index contributed by atoms with van der Waals surface area (Å²) in [6.07, 6.45) is 8.63. The molecule has 0 amide bonds. The molecule has 7 nitrogen and oxygen atoms in total. The zero-order chi connectivity index (χ0) is 16.4. The summed E-state index contributed by atoms with van der Waals surface area (Å²) in [6.45, 7) is 2.09. The van der Waals surface area contributed by atoms with Crippen molar-refractivity contribution in [3.63, 3.8) is 0 Å². The largest absolute Gasteiger partial charge is 0.379 e. The van der Waals surface area contributed by atoms with Crippen LogP contribution in [0.3, 0.4) is 0 Å². The van der Waals surface area contributed by atoms with Gasteiger partial charge >= 0.3 is 0 Å². The fourth-order valence-corrected chi connectivity index (χ4v) is 4.56. The van der Waals surface area contributed by atoms with Gasteiger partial charge in [-0.2, -0.15) is 17.0 Å². The molecule has 1 aromatic rings. The lowest BCUT2D eigenvalue weighted by Gasteiger charge is -2.35. The van der Waals surface area contributed by atoms with Crippen LogP contribution in [-0.4, -0.2) is 60.4 Å². The van der Waals surface area contributed by atoms with Crippen molar-refractivity contribution >= 4 is 10.2 Å². The van der Waals surface area contributed by atoms with E-state index in [4.69, 9.17) is 4.74 Å². The first-order chi connectivity index (χ1) is 11.0. The maximum absolute atomic E-state index is 12.4. The summed E-state index contributed by atoms with van der Waals surface area (Å²) in [7, 11) is -0.299. The van der Waals surface area contributed by atoms with Crippen LogP contribution in [-0.2, 0) is 21.5 Å². The number of fused-ring (bicyclic) bond motifs is 1. The highest BCUT2D eigenvalue weighted by atomic mass is 32.2. The molecule has 1 fully saturated rings. The highest BCUT2D eigenvalue weighted by Crippen LogP contribution is 2.27. The molecule has 3 rings (SSSR count). The van der Waals surface area contributed by atoms with Crippen molar-refractivity contribution in [3.05, 3.63) is 18.2 Å². The van der Waals surface area contributed by atoms with E-state index in [-0.39, 0.29) is 6.04 Å². The van der Waals surface area contributed by atoms with Crippen LogP contribution >= 0.6 is 0 Å². The third kappa shape index (κ3) is 3.60. The van der Waals surface area contributed by atoms with Crippen LogP contribution in [0.1, 0.15) is 37.4 Å². The SMILES string of the molecule is CN(C)S(=O)(=O)N1Cc2cncn2C(COCC2CCCC2)C1. The standard InChI is InChI=1S/C15H26N4O3S/c1-17(2)23(20,21)18-8-14-7-16-12-19(14)15(9-18)11-22-10-13-5-3-4-6-13/h7,12-13,15H,3-6,8-11H2,1-2H3. The number of hydrogen-bond donors (Lipinski definition) is 0. The highest BCUT2D eigenvalue weighted by Gasteiger charge is 2.33. The maximum Gasteiger partial charge on any atom is 0.281 e. The van der Waals surface area contributed by atoms with Gasteiger partial charge in [0.05, 0.1) is 31.2 Å². The zero-order valence-corrected chi connectivity index (χ0v) is 14.7. The molecule has 1 aliphatic carbocycles. The molecule has 1 saturated carbocycles. The van der Waals surface area contributed by atoms with Gasteiger partial charge in [0.1, 0.15) is 0 Å². The van der Waals surface area contributed by atoms with Crippen LogP contribution in [0.2, 0.25) is 0 Å². The van der Waals surface area contributed by atoms with Crippen molar-refractivity contribution in [2.24, 2.45) is 5.92 Å². The molecule has 130 valence electrons. The van der Waals surface area contributed by atoms with Gasteiger partial charge in [-0.25, -0.2) is 4.98 Å². The van der Waals surface area contributed by atoms with Crippen molar-refractivity contribution in [3.8, 4) is 0 Å². The molecule has 0 aromatic carbocycles. The summed E-state index contributed by atoms with van der Waals surface area (Å²) in [5, 5.41) is 0. The quantitative estimate of drug-likeness (QED) is 0.780. The molecular weight excluding hydrogens is 316 g/mol. The Bertz CT molecular complexity index is 622. The molecule has 1 aliphatic heterocycles. The average Bonchev–Trinajstić information content (AvgIpc) is 3.17. The minimum absolute atomic E-state index is 0.0163. The van der Waals surface area contributed by atoms with Gasteiger partial charge in [0, 0.05) is 33.4 Å². The Kier molecular flexibility index (Phi) is 5.05. The van der Waals surface area contributed by atoms with Crippen molar-refractivity contribution in [2.45, 2.75) is 38.3 Å². The number of rotatable bonds is 6. The van der Waals surface area contributed by atoms with Crippen molar-refractivity contribution in [1.29, 1.82) is 0 Å². The molecule has 1 unspecified atom stereocenters. The van der Waals surface area contributed by atoms with Crippen molar-refractivity contribution in [1.82, 2.24) is 18.2 Å². The van der Waals surface area contributed by atoms with Gasteiger partial charge < -0.3 is 9.30 Å². The Morgan fingerprint density at radius 2 is 2.04 bits per heavy atom. The third-order valence-electron chi connectivity index (χ3n) is 4.82. The molecule has 23 heavy (non-hydrogen) atoms. The van der Waals surface area contributed by atoms with E-state index in [1.165, 1.54) is 34.3 Å². The first-order valence-corrected chi connectivity index (χ1v) is 9.64. The van der Waals surface area contributed by atoms with E-state index >= 15 is 0 Å². The van der Waals surface area contributed by atoms with Gasteiger partial charge in [-0.15, -0.1) is 0 Å². The Morgan fingerprint density at radius 1 is 1.30 bits per heavy atom. The number of imidazole rings is 1. The summed E-state index contributed by atoms with van der Waals surface area (Å²) < 4.78 is 35.6. The number of nitrogens with zero attached hydrogens (tertiary/aromatic N) is 4. The number of hydrogen-bond acceptors (Lipinski definition) is 4. The smallest absolute Gasteiger partial charge is 0.281 e. The van der Waals surface area contributed by atoms with E-state index in [0.29, 0.717) is 25.6 Å². The minimum atomic E-state index is -3.42. The van der Waals surface area contributed by atoms with E-state index in [0.717, 1.165) is 12.3 Å². The maximum atomic E-state index is 12.4. The van der Waals surface area contributed by atoms with Crippen LogP contribution in [0.25, 0.3) is 0 Å². The van der Waals surface area contributed by atoms with Gasteiger partial charge in [-0.1, -0.05) is 12.8 Å². The van der Waals surface area contributed by atoms with E-state index in [1.54, 1.807) is 26.6 Å². The Labute approximate surface area is 138 Å². The summed E-state index contributed by atoms with van der Waals surface area (Å²) >= 11 is 0. The van der Waals surface area contributed by atoms with Gasteiger partial charge in [0.25, 0.3) is 10.2 Å². The van der Waals surface area contributed by atoms with Crippen LogP contribution in [0.15, 0.2) is 12.5 Å². The number of ether oxygens (including phenoxy) is 1. The average molecular weight is 342 g/mol. The van der Waals surface area contributed by atoms with E-state index < -0.39 is 10.2 Å². The number of aromatic nitrogens is 2. The summed E-state index contributed by atoms with van der Waals surface area (Å²) in [6, 6.07) is -0.0163.